The van der Waals surface area contributed by atoms with Crippen molar-refractivity contribution in [1.82, 2.24) is 0 Å². The first-order valence-corrected chi connectivity index (χ1v) is 5.52. The third-order valence-corrected chi connectivity index (χ3v) is 3.68. The second kappa shape index (κ2) is 3.34. The van der Waals surface area contributed by atoms with Crippen LogP contribution in [0.1, 0.15) is 25.0 Å². The fraction of sp³-hybridized carbons (Fsp3) is 0.167. The summed E-state index contributed by atoms with van der Waals surface area (Å²) in [6.07, 6.45) is 4.49. The molecule has 2 rings (SSSR count). The van der Waals surface area contributed by atoms with Crippen LogP contribution >= 0.6 is 0 Å². The molecule has 0 spiro atoms. The SMILES string of the molecule is CC=C(C)[Si]C1=Cc2ccccc21. The molecule has 1 aliphatic carbocycles. The van der Waals surface area contributed by atoms with Gasteiger partial charge in [-0.25, -0.2) is 0 Å². The van der Waals surface area contributed by atoms with Gasteiger partial charge in [-0.1, -0.05) is 46.8 Å². The van der Waals surface area contributed by atoms with E-state index < -0.39 is 0 Å². The van der Waals surface area contributed by atoms with Crippen molar-refractivity contribution in [2.45, 2.75) is 13.8 Å². The van der Waals surface area contributed by atoms with Crippen LogP contribution in [0.25, 0.3) is 11.3 Å². The quantitative estimate of drug-likeness (QED) is 0.619. The van der Waals surface area contributed by atoms with E-state index in [1.165, 1.54) is 21.5 Å². The highest BCUT2D eigenvalue weighted by Gasteiger charge is 2.15. The molecule has 0 heterocycles. The van der Waals surface area contributed by atoms with Crippen molar-refractivity contribution in [3.8, 4) is 0 Å². The molecule has 1 aromatic rings. The average Bonchev–Trinajstić information content (AvgIpc) is 2.14. The predicted molar refractivity (Wildman–Crippen MR) is 59.5 cm³/mol. The van der Waals surface area contributed by atoms with Gasteiger partial charge in [0.2, 0.25) is 0 Å². The molecule has 0 bridgehead atoms. The molecule has 0 fully saturated rings. The van der Waals surface area contributed by atoms with Crippen LogP contribution in [0.2, 0.25) is 0 Å². The predicted octanol–water partition coefficient (Wildman–Crippen LogP) is 3.13. The summed E-state index contributed by atoms with van der Waals surface area (Å²) in [6.45, 7) is 4.30. The number of fused-ring (bicyclic) bond motifs is 1. The molecule has 2 radical (unpaired) electrons. The molecule has 0 amide bonds. The van der Waals surface area contributed by atoms with Crippen LogP contribution in [-0.4, -0.2) is 9.52 Å². The van der Waals surface area contributed by atoms with Crippen LogP contribution < -0.4 is 0 Å². The Kier molecular flexibility index (Phi) is 2.19. The summed E-state index contributed by atoms with van der Waals surface area (Å²) >= 11 is 0. The maximum absolute atomic E-state index is 2.29. The highest BCUT2D eigenvalue weighted by atomic mass is 28.2. The van der Waals surface area contributed by atoms with E-state index in [1.807, 2.05) is 0 Å². The van der Waals surface area contributed by atoms with Gasteiger partial charge in [0.25, 0.3) is 0 Å². The average molecular weight is 184 g/mol. The van der Waals surface area contributed by atoms with Crippen molar-refractivity contribution >= 4 is 20.8 Å². The summed E-state index contributed by atoms with van der Waals surface area (Å²) in [5, 5.41) is 2.98. The molecule has 0 aromatic heterocycles. The molecule has 0 saturated heterocycles. The lowest BCUT2D eigenvalue weighted by molar-refractivity contribution is 1.54. The summed E-state index contributed by atoms with van der Waals surface area (Å²) in [4.78, 5) is 0. The van der Waals surface area contributed by atoms with Gasteiger partial charge in [0.1, 0.15) is 9.52 Å². The van der Waals surface area contributed by atoms with Crippen molar-refractivity contribution in [2.75, 3.05) is 0 Å². The Morgan fingerprint density at radius 3 is 2.77 bits per heavy atom. The van der Waals surface area contributed by atoms with E-state index in [4.69, 9.17) is 0 Å². The fourth-order valence-corrected chi connectivity index (χ4v) is 2.57. The number of hydrogen-bond acceptors (Lipinski definition) is 0. The highest BCUT2D eigenvalue weighted by molar-refractivity contribution is 6.70. The van der Waals surface area contributed by atoms with Gasteiger partial charge in [0, 0.05) is 0 Å². The molecule has 1 aromatic carbocycles. The first kappa shape index (κ1) is 8.51. The van der Waals surface area contributed by atoms with Crippen molar-refractivity contribution in [3.63, 3.8) is 0 Å². The lowest BCUT2D eigenvalue weighted by atomic mass is 9.98. The van der Waals surface area contributed by atoms with Crippen LogP contribution in [0, 0.1) is 0 Å². The van der Waals surface area contributed by atoms with E-state index in [9.17, 15) is 0 Å². The van der Waals surface area contributed by atoms with Crippen molar-refractivity contribution in [3.05, 3.63) is 46.7 Å². The number of rotatable bonds is 2. The van der Waals surface area contributed by atoms with E-state index in [2.05, 4.69) is 50.3 Å². The zero-order valence-corrected chi connectivity index (χ0v) is 8.96. The van der Waals surface area contributed by atoms with E-state index in [-0.39, 0.29) is 0 Å². The van der Waals surface area contributed by atoms with Gasteiger partial charge in [-0.2, -0.15) is 0 Å². The molecule has 1 heteroatoms. The van der Waals surface area contributed by atoms with Crippen molar-refractivity contribution < 1.29 is 0 Å². The number of hydrogen-bond donors (Lipinski definition) is 0. The number of benzene rings is 1. The van der Waals surface area contributed by atoms with Gasteiger partial charge in [-0.3, -0.25) is 0 Å². The molecule has 0 aliphatic heterocycles. The van der Waals surface area contributed by atoms with Crippen LogP contribution in [0.4, 0.5) is 0 Å². The summed E-state index contributed by atoms with van der Waals surface area (Å²) in [6, 6.07) is 8.59. The van der Waals surface area contributed by atoms with E-state index in [0.29, 0.717) is 0 Å². The molecule has 0 N–H and O–H groups in total. The molecule has 1 aliphatic rings. The zero-order valence-electron chi connectivity index (χ0n) is 7.96. The van der Waals surface area contributed by atoms with Gasteiger partial charge in [0.05, 0.1) is 0 Å². The summed E-state index contributed by atoms with van der Waals surface area (Å²) in [5.41, 5.74) is 2.84. The zero-order chi connectivity index (χ0) is 9.26. The minimum absolute atomic E-state index is 0.856. The monoisotopic (exact) mass is 184 g/mol. The fourth-order valence-electron chi connectivity index (χ4n) is 1.41. The number of allylic oxidation sites excluding steroid dienone is 2. The first-order chi connectivity index (χ1) is 6.31. The van der Waals surface area contributed by atoms with Crippen LogP contribution in [0.3, 0.4) is 0 Å². The molecule has 13 heavy (non-hydrogen) atoms. The van der Waals surface area contributed by atoms with Gasteiger partial charge in [0.15, 0.2) is 0 Å². The van der Waals surface area contributed by atoms with Crippen LogP contribution in [0.15, 0.2) is 35.5 Å². The highest BCUT2D eigenvalue weighted by Crippen LogP contribution is 2.31. The molecule has 64 valence electrons. The standard InChI is InChI=1S/C12H12Si/c1-3-9(2)13-12-8-10-6-4-5-7-11(10)12/h3-8H,1-2H3. The molecule has 0 atom stereocenters. The third-order valence-electron chi connectivity index (χ3n) is 2.32. The second-order valence-electron chi connectivity index (χ2n) is 3.24. The molecular formula is C12H12Si. The summed E-state index contributed by atoms with van der Waals surface area (Å²) < 4.78 is 0. The van der Waals surface area contributed by atoms with E-state index in [0.717, 1.165) is 9.52 Å². The minimum atomic E-state index is 0.856. The lowest BCUT2D eigenvalue weighted by Crippen LogP contribution is -2.06. The topological polar surface area (TPSA) is 0 Å². The molecule has 0 unspecified atom stereocenters. The van der Waals surface area contributed by atoms with E-state index in [1.54, 1.807) is 0 Å². The van der Waals surface area contributed by atoms with Crippen molar-refractivity contribution in [1.29, 1.82) is 0 Å². The maximum atomic E-state index is 2.29. The Morgan fingerprint density at radius 2 is 2.08 bits per heavy atom. The molecule has 0 saturated carbocycles. The van der Waals surface area contributed by atoms with E-state index >= 15 is 0 Å². The third kappa shape index (κ3) is 1.52. The smallest absolute Gasteiger partial charge is 0.0927 e. The Hall–Kier alpha value is -1.08. The summed E-state index contributed by atoms with van der Waals surface area (Å²) in [7, 11) is 0.856. The molecule has 0 nitrogen and oxygen atoms in total. The van der Waals surface area contributed by atoms with Gasteiger partial charge >= 0.3 is 0 Å². The maximum Gasteiger partial charge on any atom is 0.115 e. The largest absolute Gasteiger partial charge is 0.115 e. The van der Waals surface area contributed by atoms with Gasteiger partial charge in [-0.05, 0) is 25.0 Å². The normalized spacial score (nSPS) is 14.6. The van der Waals surface area contributed by atoms with Crippen molar-refractivity contribution in [2.24, 2.45) is 0 Å². The van der Waals surface area contributed by atoms with Gasteiger partial charge < -0.3 is 0 Å². The second-order valence-corrected chi connectivity index (χ2v) is 4.82. The Labute approximate surface area is 81.8 Å². The first-order valence-electron chi connectivity index (χ1n) is 4.52. The van der Waals surface area contributed by atoms with Crippen LogP contribution in [0.5, 0.6) is 0 Å². The Morgan fingerprint density at radius 1 is 1.31 bits per heavy atom. The summed E-state index contributed by atoms with van der Waals surface area (Å²) in [5.74, 6) is 0. The van der Waals surface area contributed by atoms with Gasteiger partial charge in [-0.15, -0.1) is 0 Å². The molecular weight excluding hydrogens is 172 g/mol. The van der Waals surface area contributed by atoms with Crippen LogP contribution in [-0.2, 0) is 0 Å². The Bertz CT molecular complexity index is 386. The Balaban J connectivity index is 2.17. The lowest BCUT2D eigenvalue weighted by Gasteiger charge is -2.19. The minimum Gasteiger partial charge on any atom is -0.0927 e.